The van der Waals surface area contributed by atoms with E-state index in [0.29, 0.717) is 0 Å². The Kier molecular flexibility index (Phi) is 5.76. The van der Waals surface area contributed by atoms with Gasteiger partial charge in [-0.3, -0.25) is 0 Å². The van der Waals surface area contributed by atoms with Crippen LogP contribution >= 0.6 is 23.7 Å². The van der Waals surface area contributed by atoms with Crippen LogP contribution in [0.15, 0.2) is 12.1 Å². The molecule has 80 valence electrons. The first-order valence-electron chi connectivity index (χ1n) is 4.11. The van der Waals surface area contributed by atoms with E-state index in [4.69, 9.17) is 5.73 Å². The maximum atomic E-state index is 11.1. The van der Waals surface area contributed by atoms with Crippen molar-refractivity contribution in [3.63, 3.8) is 0 Å². The van der Waals surface area contributed by atoms with Gasteiger partial charge in [0.1, 0.15) is 6.04 Å². The maximum absolute atomic E-state index is 11.1. The number of nitrogens with two attached hydrogens (primary N) is 1. The molecule has 0 saturated carbocycles. The Morgan fingerprint density at radius 2 is 2.29 bits per heavy atom. The van der Waals surface area contributed by atoms with Gasteiger partial charge in [0.15, 0.2) is 0 Å². The Balaban J connectivity index is 0.00000169. The molecule has 0 aliphatic carbocycles. The summed E-state index contributed by atoms with van der Waals surface area (Å²) in [6, 6.07) is 3.24. The van der Waals surface area contributed by atoms with E-state index in [1.54, 1.807) is 11.3 Å². The normalized spacial score (nSPS) is 11.6. The number of ether oxygens (including phenoxy) is 1. The summed E-state index contributed by atoms with van der Waals surface area (Å²) in [5, 5.41) is 0. The molecule has 0 aromatic carbocycles. The zero-order valence-electron chi connectivity index (χ0n) is 8.15. The van der Waals surface area contributed by atoms with Crippen LogP contribution in [0.5, 0.6) is 0 Å². The lowest BCUT2D eigenvalue weighted by Crippen LogP contribution is -2.21. The fourth-order valence-corrected chi connectivity index (χ4v) is 1.94. The largest absolute Gasteiger partial charge is 0.468 e. The van der Waals surface area contributed by atoms with E-state index < -0.39 is 6.04 Å². The van der Waals surface area contributed by atoms with Crippen LogP contribution in [-0.2, 0) is 16.0 Å². The SMILES string of the molecule is CCc1ccc([C@@H](N)C(=O)OC)s1.Cl. The van der Waals surface area contributed by atoms with E-state index in [1.807, 2.05) is 12.1 Å². The predicted octanol–water partition coefficient (Wildman–Crippen LogP) is 1.91. The van der Waals surface area contributed by atoms with Crippen LogP contribution in [0, 0.1) is 0 Å². The van der Waals surface area contributed by atoms with E-state index >= 15 is 0 Å². The van der Waals surface area contributed by atoms with Crippen molar-refractivity contribution in [2.24, 2.45) is 5.73 Å². The van der Waals surface area contributed by atoms with Crippen LogP contribution in [0.2, 0.25) is 0 Å². The highest BCUT2D eigenvalue weighted by molar-refractivity contribution is 7.12. The van der Waals surface area contributed by atoms with Crippen molar-refractivity contribution in [3.05, 3.63) is 21.9 Å². The summed E-state index contributed by atoms with van der Waals surface area (Å²) in [6.07, 6.45) is 0.971. The number of methoxy groups -OCH3 is 1. The molecule has 0 aliphatic rings. The molecule has 1 aromatic rings. The van der Waals surface area contributed by atoms with Gasteiger partial charge in [-0.15, -0.1) is 23.7 Å². The standard InChI is InChI=1S/C9H13NO2S.ClH/c1-3-6-4-5-7(13-6)8(10)9(11)12-2;/h4-5,8H,3,10H2,1-2H3;1H/t8-;/m1./s1. The molecule has 2 N–H and O–H groups in total. The van der Waals surface area contributed by atoms with Gasteiger partial charge >= 0.3 is 5.97 Å². The number of esters is 1. The molecule has 14 heavy (non-hydrogen) atoms. The van der Waals surface area contributed by atoms with Crippen LogP contribution < -0.4 is 5.73 Å². The van der Waals surface area contributed by atoms with Crippen LogP contribution in [0.4, 0.5) is 0 Å². The Morgan fingerprint density at radius 3 is 2.71 bits per heavy atom. The first kappa shape index (κ1) is 13.4. The van der Waals surface area contributed by atoms with Gasteiger partial charge in [0.2, 0.25) is 0 Å². The molecule has 0 saturated heterocycles. The minimum absolute atomic E-state index is 0. The number of aryl methyl sites for hydroxylation is 1. The molecule has 0 spiro atoms. The third-order valence-corrected chi connectivity index (χ3v) is 3.11. The van der Waals surface area contributed by atoms with Crippen molar-refractivity contribution in [1.29, 1.82) is 0 Å². The van der Waals surface area contributed by atoms with Gasteiger partial charge in [-0.05, 0) is 18.6 Å². The summed E-state index contributed by atoms with van der Waals surface area (Å²) < 4.78 is 4.55. The lowest BCUT2D eigenvalue weighted by molar-refractivity contribution is -0.142. The van der Waals surface area contributed by atoms with Crippen molar-refractivity contribution < 1.29 is 9.53 Å². The second-order valence-electron chi connectivity index (χ2n) is 2.66. The van der Waals surface area contributed by atoms with Gasteiger partial charge in [0, 0.05) is 9.75 Å². The van der Waals surface area contributed by atoms with Crippen LogP contribution in [0.1, 0.15) is 22.7 Å². The summed E-state index contributed by atoms with van der Waals surface area (Å²) in [5.74, 6) is -0.385. The van der Waals surface area contributed by atoms with Crippen molar-refractivity contribution >= 4 is 29.7 Å². The van der Waals surface area contributed by atoms with Crippen LogP contribution in [-0.4, -0.2) is 13.1 Å². The molecule has 0 unspecified atom stereocenters. The quantitative estimate of drug-likeness (QED) is 0.815. The van der Waals surface area contributed by atoms with Crippen molar-refractivity contribution in [1.82, 2.24) is 0 Å². The predicted molar refractivity (Wildman–Crippen MR) is 59.9 cm³/mol. The fourth-order valence-electron chi connectivity index (χ4n) is 0.995. The number of carbonyl (C=O) groups is 1. The molecular formula is C9H14ClNO2S. The van der Waals surface area contributed by atoms with Gasteiger partial charge < -0.3 is 10.5 Å². The summed E-state index contributed by atoms with van der Waals surface area (Å²) in [7, 11) is 1.34. The highest BCUT2D eigenvalue weighted by Gasteiger charge is 2.17. The van der Waals surface area contributed by atoms with Crippen molar-refractivity contribution in [3.8, 4) is 0 Å². The second-order valence-corrected chi connectivity index (χ2v) is 3.86. The van der Waals surface area contributed by atoms with Gasteiger partial charge in [-0.1, -0.05) is 6.92 Å². The topological polar surface area (TPSA) is 52.3 Å². The smallest absolute Gasteiger partial charge is 0.328 e. The lowest BCUT2D eigenvalue weighted by atomic mass is 10.2. The van der Waals surface area contributed by atoms with Gasteiger partial charge in [-0.25, -0.2) is 4.79 Å². The molecule has 1 rings (SSSR count). The molecular weight excluding hydrogens is 222 g/mol. The van der Waals surface area contributed by atoms with Crippen molar-refractivity contribution in [2.75, 3.05) is 7.11 Å². The summed E-state index contributed by atoms with van der Waals surface area (Å²) in [6.45, 7) is 2.07. The number of carbonyl (C=O) groups excluding carboxylic acids is 1. The molecule has 0 bridgehead atoms. The van der Waals surface area contributed by atoms with E-state index in [9.17, 15) is 4.79 Å². The minimum Gasteiger partial charge on any atom is -0.468 e. The summed E-state index contributed by atoms with van der Waals surface area (Å²) in [5.41, 5.74) is 5.65. The molecule has 0 amide bonds. The first-order chi connectivity index (χ1) is 6.19. The number of hydrogen-bond acceptors (Lipinski definition) is 4. The van der Waals surface area contributed by atoms with E-state index in [2.05, 4.69) is 11.7 Å². The molecule has 1 atom stereocenters. The Bertz CT molecular complexity index is 301. The molecule has 0 fully saturated rings. The highest BCUT2D eigenvalue weighted by Crippen LogP contribution is 2.22. The first-order valence-corrected chi connectivity index (χ1v) is 4.92. The van der Waals surface area contributed by atoms with Crippen LogP contribution in [0.3, 0.4) is 0 Å². The monoisotopic (exact) mass is 235 g/mol. The summed E-state index contributed by atoms with van der Waals surface area (Å²) in [4.78, 5) is 13.2. The lowest BCUT2D eigenvalue weighted by Gasteiger charge is -2.05. The van der Waals surface area contributed by atoms with Gasteiger partial charge in [0.05, 0.1) is 7.11 Å². The van der Waals surface area contributed by atoms with E-state index in [0.717, 1.165) is 11.3 Å². The second kappa shape index (κ2) is 6.01. The van der Waals surface area contributed by atoms with Gasteiger partial charge in [-0.2, -0.15) is 0 Å². The zero-order chi connectivity index (χ0) is 9.84. The number of hydrogen-bond donors (Lipinski definition) is 1. The number of halogens is 1. The average Bonchev–Trinajstić information content (AvgIpc) is 2.63. The maximum Gasteiger partial charge on any atom is 0.328 e. The molecule has 3 nitrogen and oxygen atoms in total. The Morgan fingerprint density at radius 1 is 1.64 bits per heavy atom. The minimum atomic E-state index is -0.629. The number of rotatable bonds is 3. The molecule has 1 heterocycles. The summed E-state index contributed by atoms with van der Waals surface area (Å²) >= 11 is 1.56. The molecule has 0 aliphatic heterocycles. The van der Waals surface area contributed by atoms with Crippen LogP contribution in [0.25, 0.3) is 0 Å². The van der Waals surface area contributed by atoms with E-state index in [-0.39, 0.29) is 18.4 Å². The molecule has 5 heteroatoms. The Labute approximate surface area is 93.7 Å². The van der Waals surface area contributed by atoms with Crippen molar-refractivity contribution in [2.45, 2.75) is 19.4 Å². The number of thiophene rings is 1. The molecule has 1 aromatic heterocycles. The fraction of sp³-hybridized carbons (Fsp3) is 0.444. The van der Waals surface area contributed by atoms with Gasteiger partial charge in [0.25, 0.3) is 0 Å². The average molecular weight is 236 g/mol. The third-order valence-electron chi connectivity index (χ3n) is 1.79. The third kappa shape index (κ3) is 2.97. The highest BCUT2D eigenvalue weighted by atomic mass is 35.5. The molecule has 0 radical (unpaired) electrons. The van der Waals surface area contributed by atoms with E-state index in [1.165, 1.54) is 12.0 Å². The Hall–Kier alpha value is -0.580. The zero-order valence-corrected chi connectivity index (χ0v) is 9.78.